The highest BCUT2D eigenvalue weighted by Gasteiger charge is 2.43. The lowest BCUT2D eigenvalue weighted by Gasteiger charge is -2.28. The maximum Gasteiger partial charge on any atom is 0.265 e. The van der Waals surface area contributed by atoms with E-state index in [9.17, 15) is 9.59 Å². The third-order valence-corrected chi connectivity index (χ3v) is 7.44. The predicted octanol–water partition coefficient (Wildman–Crippen LogP) is 3.97. The minimum atomic E-state index is -0.556. The summed E-state index contributed by atoms with van der Waals surface area (Å²) in [5, 5.41) is 4.60. The molecule has 7 nitrogen and oxygen atoms in total. The lowest BCUT2D eigenvalue weighted by Crippen LogP contribution is -2.48. The van der Waals surface area contributed by atoms with E-state index in [0.29, 0.717) is 35.1 Å². The van der Waals surface area contributed by atoms with Gasteiger partial charge in [0, 0.05) is 17.9 Å². The smallest absolute Gasteiger partial charge is 0.265 e. The number of carbonyl (C=O) groups is 2. The van der Waals surface area contributed by atoms with Crippen molar-refractivity contribution in [2.75, 3.05) is 26.5 Å². The summed E-state index contributed by atoms with van der Waals surface area (Å²) < 4.78 is 15.8. The van der Waals surface area contributed by atoms with E-state index >= 15 is 0 Å². The van der Waals surface area contributed by atoms with Gasteiger partial charge in [0.05, 0.1) is 31.6 Å². The van der Waals surface area contributed by atoms with E-state index in [1.54, 1.807) is 49.5 Å². The van der Waals surface area contributed by atoms with E-state index in [1.165, 1.54) is 11.3 Å². The number of thiophene rings is 1. The molecule has 0 saturated carbocycles. The van der Waals surface area contributed by atoms with Crippen molar-refractivity contribution in [2.45, 2.75) is 17.8 Å². The van der Waals surface area contributed by atoms with Crippen LogP contribution in [0, 0.1) is 0 Å². The van der Waals surface area contributed by atoms with Gasteiger partial charge in [-0.3, -0.25) is 9.59 Å². The lowest BCUT2D eigenvalue weighted by molar-refractivity contribution is -0.124. The minimum Gasteiger partial charge on any atom is -0.493 e. The highest BCUT2D eigenvalue weighted by molar-refractivity contribution is 7.99. The number of benzene rings is 1. The second-order valence-electron chi connectivity index (χ2n) is 7.18. The summed E-state index contributed by atoms with van der Waals surface area (Å²) in [5.74, 6) is 1.54. The molecule has 9 heteroatoms. The zero-order chi connectivity index (χ0) is 22.5. The van der Waals surface area contributed by atoms with E-state index in [0.717, 1.165) is 11.1 Å². The summed E-state index contributed by atoms with van der Waals surface area (Å²) in [4.78, 5) is 28.6. The van der Waals surface area contributed by atoms with E-state index in [-0.39, 0.29) is 17.2 Å². The third-order valence-electron chi connectivity index (χ3n) is 5.26. The van der Waals surface area contributed by atoms with Crippen LogP contribution >= 0.6 is 23.1 Å². The molecule has 2 atom stereocenters. The van der Waals surface area contributed by atoms with Crippen LogP contribution in [0.15, 0.2) is 58.7 Å². The number of thioether (sulfide) groups is 1. The Morgan fingerprint density at radius 1 is 1.19 bits per heavy atom. The molecule has 2 amide bonds. The van der Waals surface area contributed by atoms with Gasteiger partial charge in [-0.05, 0) is 41.6 Å². The Labute approximate surface area is 194 Å². The molecule has 1 aliphatic rings. The molecule has 1 aliphatic heterocycles. The number of rotatable bonds is 8. The summed E-state index contributed by atoms with van der Waals surface area (Å²) >= 11 is 2.94. The Hall–Kier alpha value is -2.91. The average Bonchev–Trinajstić information content (AvgIpc) is 3.59. The van der Waals surface area contributed by atoms with Gasteiger partial charge < -0.3 is 24.1 Å². The van der Waals surface area contributed by atoms with Gasteiger partial charge in [-0.1, -0.05) is 12.1 Å². The van der Waals surface area contributed by atoms with Gasteiger partial charge in [0.1, 0.15) is 11.4 Å². The molecule has 1 aromatic carbocycles. The number of nitrogens with one attached hydrogen (secondary N) is 1. The molecule has 2 aromatic heterocycles. The predicted molar refractivity (Wildman–Crippen MR) is 124 cm³/mol. The van der Waals surface area contributed by atoms with Gasteiger partial charge in [-0.2, -0.15) is 0 Å². The molecule has 1 fully saturated rings. The zero-order valence-electron chi connectivity index (χ0n) is 17.8. The molecule has 168 valence electrons. The number of hydrogen-bond acceptors (Lipinski definition) is 7. The van der Waals surface area contributed by atoms with Crippen molar-refractivity contribution in [1.82, 2.24) is 10.2 Å². The van der Waals surface area contributed by atoms with Gasteiger partial charge in [0.2, 0.25) is 5.91 Å². The van der Waals surface area contributed by atoms with Gasteiger partial charge in [0.25, 0.3) is 5.91 Å². The Morgan fingerprint density at radius 2 is 2.03 bits per heavy atom. The number of furan rings is 1. The second-order valence-corrected chi connectivity index (χ2v) is 9.24. The summed E-state index contributed by atoms with van der Waals surface area (Å²) in [6, 6.07) is 10.6. The number of amides is 2. The van der Waals surface area contributed by atoms with Crippen molar-refractivity contribution in [1.29, 1.82) is 0 Å². The molecule has 1 N–H and O–H groups in total. The van der Waals surface area contributed by atoms with Crippen molar-refractivity contribution in [3.63, 3.8) is 0 Å². The van der Waals surface area contributed by atoms with Gasteiger partial charge >= 0.3 is 0 Å². The third kappa shape index (κ3) is 4.63. The molecule has 0 bridgehead atoms. The maximum absolute atomic E-state index is 13.2. The Kier molecular flexibility index (Phi) is 7.06. The first-order valence-corrected chi connectivity index (χ1v) is 12.0. The van der Waals surface area contributed by atoms with Crippen molar-refractivity contribution in [3.8, 4) is 11.5 Å². The zero-order valence-corrected chi connectivity index (χ0v) is 19.4. The fraction of sp³-hybridized carbons (Fsp3) is 0.304. The van der Waals surface area contributed by atoms with Gasteiger partial charge in [-0.25, -0.2) is 0 Å². The molecule has 2 unspecified atom stereocenters. The van der Waals surface area contributed by atoms with Crippen LogP contribution < -0.4 is 14.8 Å². The lowest BCUT2D eigenvalue weighted by atomic mass is 10.1. The topological polar surface area (TPSA) is 81.0 Å². The Balaban J connectivity index is 1.44. The van der Waals surface area contributed by atoms with Crippen LogP contribution in [-0.2, 0) is 11.2 Å². The minimum absolute atomic E-state index is 0.142. The summed E-state index contributed by atoms with van der Waals surface area (Å²) in [6.45, 7) is 0.451. The molecular weight excluding hydrogens is 448 g/mol. The van der Waals surface area contributed by atoms with E-state index in [4.69, 9.17) is 13.9 Å². The van der Waals surface area contributed by atoms with Crippen molar-refractivity contribution in [2.24, 2.45) is 0 Å². The molecular formula is C23H24N2O5S2. The normalized spacial score (nSPS) is 17.9. The number of hydrogen-bond donors (Lipinski definition) is 1. The Morgan fingerprint density at radius 3 is 2.72 bits per heavy atom. The molecule has 0 spiro atoms. The van der Waals surface area contributed by atoms with Crippen LogP contribution in [0.3, 0.4) is 0 Å². The number of nitrogens with zero attached hydrogens (tertiary/aromatic N) is 1. The first kappa shape index (κ1) is 22.3. The SMILES string of the molecule is COc1ccc(CCNC(=O)C2CSC(c3ccoc3)N2C(=O)c2cccs2)cc1OC. The standard InChI is InChI=1S/C23H24N2O5S2/c1-28-18-6-5-15(12-19(18)29-2)7-9-24-21(26)17-14-32-23(16-8-10-30-13-16)25(17)22(27)20-4-3-11-31-20/h3-6,8,10-13,17,23H,7,9,14H2,1-2H3,(H,24,26). The maximum atomic E-state index is 13.2. The average molecular weight is 473 g/mol. The van der Waals surface area contributed by atoms with Gasteiger partial charge in [0.15, 0.2) is 11.5 Å². The highest BCUT2D eigenvalue weighted by Crippen LogP contribution is 2.42. The van der Waals surface area contributed by atoms with E-state index in [2.05, 4.69) is 5.32 Å². The van der Waals surface area contributed by atoms with Crippen LogP contribution in [0.1, 0.15) is 26.2 Å². The van der Waals surface area contributed by atoms with Crippen molar-refractivity contribution in [3.05, 3.63) is 70.3 Å². The molecule has 32 heavy (non-hydrogen) atoms. The van der Waals surface area contributed by atoms with Crippen molar-refractivity contribution < 1.29 is 23.5 Å². The summed E-state index contributed by atoms with van der Waals surface area (Å²) in [5.41, 5.74) is 1.90. The number of carbonyl (C=O) groups excluding carboxylic acids is 2. The number of ether oxygens (including phenoxy) is 2. The molecule has 3 aromatic rings. The van der Waals surface area contributed by atoms with Crippen LogP contribution in [0.5, 0.6) is 11.5 Å². The largest absolute Gasteiger partial charge is 0.493 e. The van der Waals surface area contributed by atoms with Crippen LogP contribution in [0.2, 0.25) is 0 Å². The molecule has 4 rings (SSSR count). The molecule has 0 radical (unpaired) electrons. The summed E-state index contributed by atoms with van der Waals surface area (Å²) in [6.07, 6.45) is 3.85. The van der Waals surface area contributed by atoms with E-state index < -0.39 is 6.04 Å². The quantitative estimate of drug-likeness (QED) is 0.534. The van der Waals surface area contributed by atoms with Crippen LogP contribution in [0.4, 0.5) is 0 Å². The molecule has 0 aliphatic carbocycles. The summed E-state index contributed by atoms with van der Waals surface area (Å²) in [7, 11) is 3.19. The first-order valence-electron chi connectivity index (χ1n) is 10.1. The Bertz CT molecular complexity index is 1050. The molecule has 1 saturated heterocycles. The highest BCUT2D eigenvalue weighted by atomic mass is 32.2. The van der Waals surface area contributed by atoms with Crippen LogP contribution in [-0.4, -0.2) is 49.3 Å². The fourth-order valence-electron chi connectivity index (χ4n) is 3.64. The van der Waals surface area contributed by atoms with Gasteiger partial charge in [-0.15, -0.1) is 23.1 Å². The van der Waals surface area contributed by atoms with E-state index in [1.807, 2.05) is 35.7 Å². The van der Waals surface area contributed by atoms with Crippen LogP contribution in [0.25, 0.3) is 0 Å². The van der Waals surface area contributed by atoms with Crippen molar-refractivity contribution >= 4 is 34.9 Å². The second kappa shape index (κ2) is 10.1. The fourth-order valence-corrected chi connectivity index (χ4v) is 5.71. The molecule has 3 heterocycles. The number of methoxy groups -OCH3 is 2. The first-order chi connectivity index (χ1) is 15.6. The monoisotopic (exact) mass is 472 g/mol.